The largest absolute Gasteiger partial charge is 0.497 e. The Morgan fingerprint density at radius 2 is 1.80 bits per heavy atom. The number of hydrogen-bond donors (Lipinski definition) is 1. The Labute approximate surface area is 256 Å². The summed E-state index contributed by atoms with van der Waals surface area (Å²) in [7, 11) is 3.08. The van der Waals surface area contributed by atoms with Crippen molar-refractivity contribution in [1.29, 1.82) is 0 Å². The molecule has 1 atom stereocenters. The fraction of sp³-hybridized carbons (Fsp3) is 0.212. The zero-order valence-electron chi connectivity index (χ0n) is 24.5. The van der Waals surface area contributed by atoms with Gasteiger partial charge < -0.3 is 24.1 Å². The Balaban J connectivity index is 1.51. The van der Waals surface area contributed by atoms with E-state index in [0.29, 0.717) is 54.5 Å². The van der Waals surface area contributed by atoms with Crippen LogP contribution in [-0.4, -0.2) is 42.4 Å². The van der Waals surface area contributed by atoms with E-state index in [4.69, 9.17) is 18.9 Å². The third kappa shape index (κ3) is 6.13. The lowest BCUT2D eigenvalue weighted by Gasteiger charge is -2.24. The summed E-state index contributed by atoms with van der Waals surface area (Å²) >= 11 is 1.22. The van der Waals surface area contributed by atoms with Crippen LogP contribution in [0.5, 0.6) is 17.2 Å². The highest BCUT2D eigenvalue weighted by atomic mass is 32.1. The zero-order valence-corrected chi connectivity index (χ0v) is 25.3. The Hall–Kier alpha value is -5.16. The molecule has 1 N–H and O–H groups in total. The van der Waals surface area contributed by atoms with Crippen LogP contribution in [0.1, 0.15) is 46.9 Å². The number of nitrogens with zero attached hydrogens (tertiary/aromatic N) is 2. The molecule has 0 bridgehead atoms. The minimum atomic E-state index is -1.01. The third-order valence-corrected chi connectivity index (χ3v) is 7.99. The first-order valence-corrected chi connectivity index (χ1v) is 14.5. The van der Waals surface area contributed by atoms with Crippen LogP contribution in [-0.2, 0) is 16.1 Å². The van der Waals surface area contributed by atoms with Crippen LogP contribution >= 0.6 is 11.3 Å². The monoisotopic (exact) mass is 614 g/mol. The molecule has 5 rings (SSSR count). The van der Waals surface area contributed by atoms with Crippen molar-refractivity contribution in [1.82, 2.24) is 4.57 Å². The number of benzene rings is 3. The Morgan fingerprint density at radius 3 is 2.48 bits per heavy atom. The van der Waals surface area contributed by atoms with Crippen molar-refractivity contribution in [2.24, 2.45) is 4.99 Å². The molecule has 0 spiro atoms. The van der Waals surface area contributed by atoms with Crippen LogP contribution in [0, 0.1) is 0 Å². The summed E-state index contributed by atoms with van der Waals surface area (Å²) in [6.07, 6.45) is 1.74. The molecule has 4 aromatic rings. The average molecular weight is 615 g/mol. The van der Waals surface area contributed by atoms with E-state index in [-0.39, 0.29) is 24.3 Å². The fourth-order valence-electron chi connectivity index (χ4n) is 4.89. The van der Waals surface area contributed by atoms with Gasteiger partial charge in [0.15, 0.2) is 16.3 Å². The SMILES string of the molecule is CCOC(=O)C1=C(C)N=c2s/c(=C\c3ccc(OCc4cccc(C(=O)O)c4)c(OC)c3)c(=O)n2C1c1ccc(OC)cc1. The van der Waals surface area contributed by atoms with E-state index in [9.17, 15) is 19.5 Å². The van der Waals surface area contributed by atoms with Crippen molar-refractivity contribution in [2.75, 3.05) is 20.8 Å². The van der Waals surface area contributed by atoms with Gasteiger partial charge in [-0.05, 0) is 73.0 Å². The van der Waals surface area contributed by atoms with Crippen LogP contribution in [0.2, 0.25) is 0 Å². The quantitative estimate of drug-likeness (QED) is 0.265. The standard InChI is InChI=1S/C33H30N2O8S/c1-5-42-32(39)28-19(2)34-33-35(29(28)22-10-12-24(40-3)13-11-22)30(36)27(44-33)17-20-9-14-25(26(16-20)41-4)43-18-21-7-6-8-23(15-21)31(37)38/h6-17,29H,5,18H2,1-4H3,(H,37,38)/b27-17-. The molecule has 44 heavy (non-hydrogen) atoms. The summed E-state index contributed by atoms with van der Waals surface area (Å²) in [6.45, 7) is 3.79. The van der Waals surface area contributed by atoms with Crippen LogP contribution in [0.25, 0.3) is 6.08 Å². The number of ether oxygens (including phenoxy) is 4. The molecule has 0 fully saturated rings. The third-order valence-electron chi connectivity index (χ3n) is 7.00. The number of fused-ring (bicyclic) bond motifs is 1. The smallest absolute Gasteiger partial charge is 0.338 e. The van der Waals surface area contributed by atoms with Crippen molar-refractivity contribution in [3.63, 3.8) is 0 Å². The summed E-state index contributed by atoms with van der Waals surface area (Å²) < 4.78 is 24.1. The second kappa shape index (κ2) is 13.0. The van der Waals surface area contributed by atoms with Crippen molar-refractivity contribution in [3.8, 4) is 17.2 Å². The first kappa shape index (κ1) is 30.3. The van der Waals surface area contributed by atoms with E-state index in [2.05, 4.69) is 4.99 Å². The number of allylic oxidation sites excluding steroid dienone is 1. The Bertz CT molecular complexity index is 1940. The van der Waals surface area contributed by atoms with Crippen molar-refractivity contribution in [2.45, 2.75) is 26.5 Å². The number of carbonyl (C=O) groups excluding carboxylic acids is 1. The molecule has 1 aromatic heterocycles. The topological polar surface area (TPSA) is 126 Å². The van der Waals surface area contributed by atoms with Crippen LogP contribution in [0.3, 0.4) is 0 Å². The van der Waals surface area contributed by atoms with Crippen molar-refractivity contribution in [3.05, 3.63) is 120 Å². The fourth-order valence-corrected chi connectivity index (χ4v) is 5.94. The molecule has 1 unspecified atom stereocenters. The normalized spacial score (nSPS) is 14.5. The molecule has 11 heteroatoms. The van der Waals surface area contributed by atoms with Crippen molar-refractivity contribution < 1.29 is 33.6 Å². The molecule has 0 saturated heterocycles. The lowest BCUT2D eigenvalue weighted by molar-refractivity contribution is -0.139. The molecule has 0 aliphatic carbocycles. The van der Waals surface area contributed by atoms with Gasteiger partial charge >= 0.3 is 11.9 Å². The number of carbonyl (C=O) groups is 2. The highest BCUT2D eigenvalue weighted by Crippen LogP contribution is 2.32. The number of thiazole rings is 1. The molecule has 0 amide bonds. The molecule has 2 heterocycles. The molecule has 226 valence electrons. The van der Waals surface area contributed by atoms with Gasteiger partial charge in [0.1, 0.15) is 12.4 Å². The molecule has 1 aliphatic rings. The minimum Gasteiger partial charge on any atom is -0.497 e. The number of esters is 1. The van der Waals surface area contributed by atoms with Gasteiger partial charge in [-0.1, -0.05) is 41.7 Å². The van der Waals surface area contributed by atoms with E-state index in [1.165, 1.54) is 29.1 Å². The second-order valence-electron chi connectivity index (χ2n) is 9.78. The van der Waals surface area contributed by atoms with E-state index in [0.717, 1.165) is 0 Å². The predicted molar refractivity (Wildman–Crippen MR) is 164 cm³/mol. The first-order valence-electron chi connectivity index (χ1n) is 13.7. The first-order chi connectivity index (χ1) is 21.2. The number of carboxylic acid groups (broad SMARTS) is 1. The van der Waals surface area contributed by atoms with Gasteiger partial charge in [0.2, 0.25) is 0 Å². The van der Waals surface area contributed by atoms with Crippen LogP contribution in [0.15, 0.2) is 87.8 Å². The van der Waals surface area contributed by atoms with Crippen molar-refractivity contribution >= 4 is 29.4 Å². The van der Waals surface area contributed by atoms with E-state index < -0.39 is 18.0 Å². The summed E-state index contributed by atoms with van der Waals surface area (Å²) in [4.78, 5) is 43.4. The van der Waals surface area contributed by atoms with E-state index in [1.54, 1.807) is 75.6 Å². The summed E-state index contributed by atoms with van der Waals surface area (Å²) in [5, 5.41) is 9.24. The lowest BCUT2D eigenvalue weighted by Crippen LogP contribution is -2.39. The summed E-state index contributed by atoms with van der Waals surface area (Å²) in [5.74, 6) is 0.00808. The highest BCUT2D eigenvalue weighted by molar-refractivity contribution is 7.07. The van der Waals surface area contributed by atoms with E-state index >= 15 is 0 Å². The number of rotatable bonds is 10. The van der Waals surface area contributed by atoms with Crippen LogP contribution < -0.4 is 29.1 Å². The number of carboxylic acids is 1. The average Bonchev–Trinajstić information content (AvgIpc) is 3.33. The molecule has 0 radical (unpaired) electrons. The van der Waals surface area contributed by atoms with Gasteiger partial charge in [0.05, 0.1) is 48.2 Å². The molecular weight excluding hydrogens is 584 g/mol. The molecular formula is C33H30N2O8S. The number of hydrogen-bond acceptors (Lipinski definition) is 9. The maximum Gasteiger partial charge on any atom is 0.338 e. The second-order valence-corrected chi connectivity index (χ2v) is 10.8. The summed E-state index contributed by atoms with van der Waals surface area (Å²) in [6, 6.07) is 18.2. The molecule has 10 nitrogen and oxygen atoms in total. The van der Waals surface area contributed by atoms with Gasteiger partial charge in [-0.3, -0.25) is 9.36 Å². The lowest BCUT2D eigenvalue weighted by atomic mass is 9.96. The molecule has 3 aromatic carbocycles. The number of aromatic nitrogens is 1. The predicted octanol–water partition coefficient (Wildman–Crippen LogP) is 4.09. The van der Waals surface area contributed by atoms with Gasteiger partial charge in [0.25, 0.3) is 5.56 Å². The summed E-state index contributed by atoms with van der Waals surface area (Å²) in [5.41, 5.74) is 2.75. The van der Waals surface area contributed by atoms with Gasteiger partial charge in [-0.15, -0.1) is 0 Å². The number of methoxy groups -OCH3 is 2. The minimum absolute atomic E-state index is 0.142. The van der Waals surface area contributed by atoms with Gasteiger partial charge in [0, 0.05) is 0 Å². The molecule has 0 saturated carbocycles. The van der Waals surface area contributed by atoms with Gasteiger partial charge in [-0.2, -0.15) is 0 Å². The maximum absolute atomic E-state index is 13.9. The van der Waals surface area contributed by atoms with Crippen LogP contribution in [0.4, 0.5) is 0 Å². The Kier molecular flexibility index (Phi) is 8.96. The maximum atomic E-state index is 13.9. The Morgan fingerprint density at radius 1 is 1.02 bits per heavy atom. The molecule has 1 aliphatic heterocycles. The zero-order chi connectivity index (χ0) is 31.4. The number of aromatic carboxylic acids is 1. The van der Waals surface area contributed by atoms with Gasteiger partial charge in [-0.25, -0.2) is 14.6 Å². The van der Waals surface area contributed by atoms with E-state index in [1.807, 2.05) is 12.1 Å². The highest BCUT2D eigenvalue weighted by Gasteiger charge is 2.33.